The number of nitrogens with one attached hydrogen (secondary N) is 2. The van der Waals surface area contributed by atoms with E-state index in [1.165, 1.54) is 5.69 Å². The minimum Gasteiger partial charge on any atom is -0.365 e. The van der Waals surface area contributed by atoms with Crippen LogP contribution in [0.15, 0.2) is 18.3 Å². The van der Waals surface area contributed by atoms with Crippen molar-refractivity contribution in [3.05, 3.63) is 24.0 Å². The molecule has 1 fully saturated rings. The number of nitrogens with two attached hydrogens (primary N) is 1. The van der Waals surface area contributed by atoms with E-state index in [1.54, 1.807) is 0 Å². The second kappa shape index (κ2) is 4.99. The van der Waals surface area contributed by atoms with Crippen LogP contribution >= 0.6 is 0 Å². The summed E-state index contributed by atoms with van der Waals surface area (Å²) in [6.45, 7) is 7.29. The lowest BCUT2D eigenvalue weighted by Gasteiger charge is -2.43. The first-order valence-electron chi connectivity index (χ1n) is 6.03. The Balaban J connectivity index is 2.05. The van der Waals surface area contributed by atoms with Crippen LogP contribution in [0.2, 0.25) is 0 Å². The highest BCUT2D eigenvalue weighted by Crippen LogP contribution is 2.19. The van der Waals surface area contributed by atoms with Crippen molar-refractivity contribution in [3.63, 3.8) is 0 Å². The number of hydrogen-bond acceptors (Lipinski definition) is 3. The molecule has 1 aliphatic rings. The van der Waals surface area contributed by atoms with Gasteiger partial charge >= 0.3 is 0 Å². The third-order valence-corrected chi connectivity index (χ3v) is 3.55. The molecule has 0 bridgehead atoms. The number of hydrogen-bond donors (Lipinski definition) is 3. The molecule has 0 aliphatic carbocycles. The fourth-order valence-electron chi connectivity index (χ4n) is 2.41. The van der Waals surface area contributed by atoms with E-state index in [0.29, 0.717) is 6.54 Å². The number of aromatic nitrogens is 1. The summed E-state index contributed by atoms with van der Waals surface area (Å²) in [5.74, 6) is 0. The minimum atomic E-state index is 0.0763. The fourth-order valence-corrected chi connectivity index (χ4v) is 2.41. The summed E-state index contributed by atoms with van der Waals surface area (Å²) in [7, 11) is 0. The Labute approximate surface area is 97.2 Å². The summed E-state index contributed by atoms with van der Waals surface area (Å²) in [5, 5.41) is 3.38. The molecule has 90 valence electrons. The molecule has 0 spiro atoms. The Morgan fingerprint density at radius 2 is 2.19 bits per heavy atom. The highest BCUT2D eigenvalue weighted by molar-refractivity contribution is 5.09. The Hall–Kier alpha value is -0.840. The van der Waals surface area contributed by atoms with Gasteiger partial charge in [-0.1, -0.05) is 0 Å². The molecule has 2 heterocycles. The number of nitrogens with zero attached hydrogens (tertiary/aromatic N) is 1. The van der Waals surface area contributed by atoms with Crippen molar-refractivity contribution in [2.45, 2.75) is 18.9 Å². The van der Waals surface area contributed by atoms with Gasteiger partial charge in [-0.25, -0.2) is 0 Å². The third kappa shape index (κ3) is 2.45. The van der Waals surface area contributed by atoms with Crippen molar-refractivity contribution in [2.24, 2.45) is 5.73 Å². The van der Waals surface area contributed by atoms with Gasteiger partial charge in [-0.3, -0.25) is 4.90 Å². The van der Waals surface area contributed by atoms with Crippen molar-refractivity contribution in [3.8, 4) is 0 Å². The summed E-state index contributed by atoms with van der Waals surface area (Å²) >= 11 is 0. The highest BCUT2D eigenvalue weighted by Gasteiger charge is 2.31. The van der Waals surface area contributed by atoms with E-state index in [1.807, 2.05) is 12.3 Å². The van der Waals surface area contributed by atoms with E-state index in [9.17, 15) is 0 Å². The van der Waals surface area contributed by atoms with Crippen LogP contribution in [0.5, 0.6) is 0 Å². The summed E-state index contributed by atoms with van der Waals surface area (Å²) < 4.78 is 0. The molecule has 1 aliphatic heterocycles. The Bertz CT molecular complexity index is 303. The first kappa shape index (κ1) is 11.6. The molecular formula is C12H22N4. The van der Waals surface area contributed by atoms with Crippen LogP contribution in [0.25, 0.3) is 0 Å². The van der Waals surface area contributed by atoms with Gasteiger partial charge in [0.15, 0.2) is 0 Å². The van der Waals surface area contributed by atoms with Gasteiger partial charge in [0.1, 0.15) is 0 Å². The van der Waals surface area contributed by atoms with Crippen molar-refractivity contribution in [2.75, 3.05) is 32.7 Å². The van der Waals surface area contributed by atoms with Crippen LogP contribution < -0.4 is 11.1 Å². The van der Waals surface area contributed by atoms with Crippen molar-refractivity contribution in [1.82, 2.24) is 15.2 Å². The second-order valence-electron chi connectivity index (χ2n) is 4.81. The lowest BCUT2D eigenvalue weighted by molar-refractivity contribution is 0.0939. The number of H-pyrrole nitrogens is 1. The molecule has 1 saturated heterocycles. The summed E-state index contributed by atoms with van der Waals surface area (Å²) in [5.41, 5.74) is 7.32. The van der Waals surface area contributed by atoms with Gasteiger partial charge in [0.05, 0.1) is 0 Å². The predicted molar refractivity (Wildman–Crippen MR) is 66.4 cm³/mol. The zero-order valence-electron chi connectivity index (χ0n) is 10.00. The number of piperazine rings is 1. The Morgan fingerprint density at radius 3 is 2.75 bits per heavy atom. The van der Waals surface area contributed by atoms with Gasteiger partial charge in [0.2, 0.25) is 0 Å². The van der Waals surface area contributed by atoms with Gasteiger partial charge < -0.3 is 16.0 Å². The molecule has 0 aromatic carbocycles. The number of aromatic amines is 1. The zero-order valence-corrected chi connectivity index (χ0v) is 10.00. The van der Waals surface area contributed by atoms with Crippen molar-refractivity contribution >= 4 is 0 Å². The minimum absolute atomic E-state index is 0.0763. The van der Waals surface area contributed by atoms with Crippen LogP contribution in [0, 0.1) is 0 Å². The van der Waals surface area contributed by atoms with Crippen LogP contribution in [0.4, 0.5) is 0 Å². The van der Waals surface area contributed by atoms with Crippen LogP contribution in [-0.2, 0) is 6.42 Å². The van der Waals surface area contributed by atoms with Crippen molar-refractivity contribution in [1.29, 1.82) is 0 Å². The normalized spacial score (nSPS) is 21.9. The van der Waals surface area contributed by atoms with E-state index in [0.717, 1.165) is 32.6 Å². The predicted octanol–water partition coefficient (Wildman–Crippen LogP) is 0.180. The maximum atomic E-state index is 5.98. The lowest BCUT2D eigenvalue weighted by atomic mass is 9.93. The van der Waals surface area contributed by atoms with Gasteiger partial charge in [-0.2, -0.15) is 0 Å². The topological polar surface area (TPSA) is 57.1 Å². The summed E-state index contributed by atoms with van der Waals surface area (Å²) in [6.07, 6.45) is 2.97. The van der Waals surface area contributed by atoms with Gasteiger partial charge in [0.25, 0.3) is 0 Å². The Kier molecular flexibility index (Phi) is 3.63. The number of rotatable bonds is 4. The van der Waals surface area contributed by atoms with E-state index < -0.39 is 0 Å². The second-order valence-corrected chi connectivity index (χ2v) is 4.81. The molecule has 0 saturated carbocycles. The molecule has 2 rings (SSSR count). The zero-order chi connectivity index (χ0) is 11.4. The molecule has 4 nitrogen and oxygen atoms in total. The molecule has 4 heteroatoms. The van der Waals surface area contributed by atoms with Crippen molar-refractivity contribution < 1.29 is 0 Å². The molecule has 4 N–H and O–H groups in total. The SMILES string of the molecule is CC(CN)(Cc1ccc[nH]1)N1CCNCC1. The maximum absolute atomic E-state index is 5.98. The molecule has 1 aromatic rings. The van der Waals surface area contributed by atoms with E-state index in [-0.39, 0.29) is 5.54 Å². The van der Waals surface area contributed by atoms with Gasteiger partial charge in [0, 0.05) is 56.6 Å². The van der Waals surface area contributed by atoms with Crippen LogP contribution in [0.1, 0.15) is 12.6 Å². The molecule has 0 radical (unpaired) electrons. The molecular weight excluding hydrogens is 200 g/mol. The summed E-state index contributed by atoms with van der Waals surface area (Å²) in [4.78, 5) is 5.77. The highest BCUT2D eigenvalue weighted by atomic mass is 15.2. The average Bonchev–Trinajstić information content (AvgIpc) is 2.83. The fraction of sp³-hybridized carbons (Fsp3) is 0.667. The molecule has 16 heavy (non-hydrogen) atoms. The Morgan fingerprint density at radius 1 is 1.44 bits per heavy atom. The first-order valence-corrected chi connectivity index (χ1v) is 6.03. The maximum Gasteiger partial charge on any atom is 0.0359 e. The van der Waals surface area contributed by atoms with Gasteiger partial charge in [-0.15, -0.1) is 0 Å². The quantitative estimate of drug-likeness (QED) is 0.681. The van der Waals surface area contributed by atoms with Crippen LogP contribution in [0.3, 0.4) is 0 Å². The smallest absolute Gasteiger partial charge is 0.0359 e. The average molecular weight is 222 g/mol. The molecule has 0 amide bonds. The first-order chi connectivity index (χ1) is 7.74. The third-order valence-electron chi connectivity index (χ3n) is 3.55. The lowest BCUT2D eigenvalue weighted by Crippen LogP contribution is -2.59. The van der Waals surface area contributed by atoms with Crippen LogP contribution in [-0.4, -0.2) is 48.1 Å². The molecule has 1 aromatic heterocycles. The van der Waals surface area contributed by atoms with E-state index in [4.69, 9.17) is 5.73 Å². The molecule has 1 unspecified atom stereocenters. The largest absolute Gasteiger partial charge is 0.365 e. The standard InChI is InChI=1S/C12H22N4/c1-12(10-13,9-11-3-2-4-15-11)16-7-5-14-6-8-16/h2-4,14-15H,5-10,13H2,1H3. The molecule has 1 atom stereocenters. The van der Waals surface area contributed by atoms with Gasteiger partial charge in [-0.05, 0) is 19.1 Å². The van der Waals surface area contributed by atoms with E-state index in [2.05, 4.69) is 28.2 Å². The monoisotopic (exact) mass is 222 g/mol. The summed E-state index contributed by atoms with van der Waals surface area (Å²) in [6, 6.07) is 4.18. The van der Waals surface area contributed by atoms with E-state index >= 15 is 0 Å².